The molecule has 3 aromatic rings. The first-order valence-electron chi connectivity index (χ1n) is 10.7. The molecule has 3 aromatic heterocycles. The second-order valence-corrected chi connectivity index (χ2v) is 8.63. The lowest BCUT2D eigenvalue weighted by Crippen LogP contribution is -2.39. The Morgan fingerprint density at radius 3 is 3.06 bits per heavy atom. The van der Waals surface area contributed by atoms with Gasteiger partial charge in [-0.15, -0.1) is 0 Å². The van der Waals surface area contributed by atoms with Gasteiger partial charge in [0.25, 0.3) is 0 Å². The highest BCUT2D eigenvalue weighted by atomic mass is 19.1. The number of carbonyl (C=O) groups is 1. The van der Waals surface area contributed by atoms with Gasteiger partial charge in [-0.25, -0.2) is 19.2 Å². The molecule has 4 heterocycles. The number of ether oxygens (including phenoxy) is 3. The summed E-state index contributed by atoms with van der Waals surface area (Å²) in [5.74, 6) is 0.715. The summed E-state index contributed by atoms with van der Waals surface area (Å²) in [5.41, 5.74) is 1.48. The van der Waals surface area contributed by atoms with Crippen molar-refractivity contribution < 1.29 is 23.4 Å². The Balaban J connectivity index is 1.29. The van der Waals surface area contributed by atoms with Gasteiger partial charge in [0.15, 0.2) is 23.7 Å². The number of hydrogen-bond donors (Lipinski definition) is 3. The van der Waals surface area contributed by atoms with E-state index in [1.54, 1.807) is 23.8 Å². The Bertz CT molecular complexity index is 1260. The van der Waals surface area contributed by atoms with Crippen molar-refractivity contribution in [3.63, 3.8) is 0 Å². The first-order chi connectivity index (χ1) is 16.4. The SMILES string of the molecule is COCc1cn2c(Nc3cc([C@@H]4OC[C@H](OC(=O)NC5(C)CC5)[C@H]4F)[nH]n3)ncc(C#N)c2n1. The quantitative estimate of drug-likeness (QED) is 0.472. The molecule has 0 spiro atoms. The number of H-pyrrole nitrogens is 1. The number of methoxy groups -OCH3 is 1. The van der Waals surface area contributed by atoms with Gasteiger partial charge in [0.1, 0.15) is 17.7 Å². The minimum absolute atomic E-state index is 0.0626. The summed E-state index contributed by atoms with van der Waals surface area (Å²) in [7, 11) is 1.55. The van der Waals surface area contributed by atoms with Gasteiger partial charge in [-0.3, -0.25) is 9.50 Å². The highest BCUT2D eigenvalue weighted by molar-refractivity contribution is 5.69. The number of alkyl halides is 1. The zero-order valence-electron chi connectivity index (χ0n) is 18.5. The van der Waals surface area contributed by atoms with E-state index in [4.69, 9.17) is 14.2 Å². The molecule has 3 atom stereocenters. The van der Waals surface area contributed by atoms with Crippen molar-refractivity contribution in [2.24, 2.45) is 0 Å². The van der Waals surface area contributed by atoms with Gasteiger partial charge in [0, 0.05) is 24.9 Å². The van der Waals surface area contributed by atoms with Crippen LogP contribution in [0.5, 0.6) is 0 Å². The molecule has 5 rings (SSSR count). The van der Waals surface area contributed by atoms with E-state index in [9.17, 15) is 14.4 Å². The summed E-state index contributed by atoms with van der Waals surface area (Å²) in [6, 6.07) is 3.65. The van der Waals surface area contributed by atoms with E-state index in [-0.39, 0.29) is 18.8 Å². The molecule has 178 valence electrons. The minimum Gasteiger partial charge on any atom is -0.441 e. The molecule has 12 nitrogen and oxygen atoms in total. The second kappa shape index (κ2) is 8.54. The maximum Gasteiger partial charge on any atom is 0.408 e. The highest BCUT2D eigenvalue weighted by Gasteiger charge is 2.44. The summed E-state index contributed by atoms with van der Waals surface area (Å²) < 4.78 is 32.5. The van der Waals surface area contributed by atoms with Crippen molar-refractivity contribution in [3.05, 3.63) is 35.4 Å². The fraction of sp³-hybridized carbons (Fsp3) is 0.476. The topological polar surface area (TPSA) is 151 Å². The molecule has 0 aromatic carbocycles. The van der Waals surface area contributed by atoms with E-state index in [2.05, 4.69) is 36.9 Å². The zero-order valence-corrected chi connectivity index (χ0v) is 18.5. The van der Waals surface area contributed by atoms with E-state index >= 15 is 0 Å². The third kappa shape index (κ3) is 4.25. The van der Waals surface area contributed by atoms with Crippen molar-refractivity contribution in [2.45, 2.75) is 50.3 Å². The Labute approximate surface area is 193 Å². The molecule has 0 unspecified atom stereocenters. The van der Waals surface area contributed by atoms with Crippen LogP contribution in [-0.2, 0) is 20.8 Å². The normalized spacial score (nSPS) is 22.9. The molecule has 3 N–H and O–H groups in total. The number of fused-ring (bicyclic) bond motifs is 1. The van der Waals surface area contributed by atoms with Crippen LogP contribution >= 0.6 is 0 Å². The van der Waals surface area contributed by atoms with E-state index in [0.29, 0.717) is 34.4 Å². The molecule has 1 saturated heterocycles. The minimum atomic E-state index is -1.56. The monoisotopic (exact) mass is 470 g/mol. The van der Waals surface area contributed by atoms with Crippen LogP contribution < -0.4 is 10.6 Å². The summed E-state index contributed by atoms with van der Waals surface area (Å²) in [6.45, 7) is 2.12. The average Bonchev–Trinajstić information content (AvgIpc) is 3.16. The maximum atomic E-state index is 15.0. The van der Waals surface area contributed by atoms with Gasteiger partial charge < -0.3 is 24.8 Å². The van der Waals surface area contributed by atoms with Crippen LogP contribution in [0.4, 0.5) is 21.0 Å². The molecule has 1 saturated carbocycles. The van der Waals surface area contributed by atoms with Gasteiger partial charge in [-0.2, -0.15) is 10.4 Å². The zero-order chi connectivity index (χ0) is 23.9. The van der Waals surface area contributed by atoms with Gasteiger partial charge >= 0.3 is 6.09 Å². The summed E-state index contributed by atoms with van der Waals surface area (Å²) in [6.07, 6.45) is 0.676. The lowest BCUT2D eigenvalue weighted by Gasteiger charge is -2.17. The number of amides is 1. The Morgan fingerprint density at radius 1 is 1.50 bits per heavy atom. The first kappa shape index (κ1) is 22.1. The van der Waals surface area contributed by atoms with E-state index in [1.165, 1.54) is 6.20 Å². The molecule has 0 radical (unpaired) electrons. The second-order valence-electron chi connectivity index (χ2n) is 8.63. The number of rotatable bonds is 7. The number of carbonyl (C=O) groups excluding carboxylic acids is 1. The van der Waals surface area contributed by atoms with Crippen LogP contribution in [0.1, 0.15) is 42.8 Å². The van der Waals surface area contributed by atoms with Crippen molar-refractivity contribution in [2.75, 3.05) is 19.0 Å². The number of hydrogen-bond acceptors (Lipinski definition) is 9. The predicted molar refractivity (Wildman–Crippen MR) is 115 cm³/mol. The van der Waals surface area contributed by atoms with Crippen LogP contribution in [0.3, 0.4) is 0 Å². The number of halogens is 1. The fourth-order valence-electron chi connectivity index (χ4n) is 3.74. The number of nitriles is 1. The lowest BCUT2D eigenvalue weighted by atomic mass is 10.1. The van der Waals surface area contributed by atoms with Crippen molar-refractivity contribution in [1.29, 1.82) is 5.26 Å². The third-order valence-corrected chi connectivity index (χ3v) is 5.84. The molecule has 0 bridgehead atoms. The summed E-state index contributed by atoms with van der Waals surface area (Å²) in [4.78, 5) is 20.7. The predicted octanol–water partition coefficient (Wildman–Crippen LogP) is 2.27. The van der Waals surface area contributed by atoms with Crippen LogP contribution in [-0.4, -0.2) is 62.2 Å². The lowest BCUT2D eigenvalue weighted by molar-refractivity contribution is 0.0604. The standard InChI is InChI=1S/C21H23FN8O4/c1-21(3-4-21)27-20(31)34-14-10-33-17(16(14)22)13-5-15(29-28-13)26-19-24-7-11(6-23)18-25-12(9-32-2)8-30(18)19/h5,7-8,14,16-17H,3-4,9-10H2,1-2H3,(H,27,31)(H2,24,26,28,29)/t14-,16+,17-/m0/s1. The van der Waals surface area contributed by atoms with Gasteiger partial charge in [-0.05, 0) is 19.8 Å². The molecule has 1 aliphatic heterocycles. The molecule has 2 fully saturated rings. The number of alkyl carbamates (subject to hydrolysis) is 1. The molecular weight excluding hydrogens is 447 g/mol. The van der Waals surface area contributed by atoms with Crippen LogP contribution in [0.15, 0.2) is 18.5 Å². The Kier molecular flexibility index (Phi) is 5.54. The average molecular weight is 470 g/mol. The first-order valence-corrected chi connectivity index (χ1v) is 10.7. The molecule has 2 aliphatic rings. The number of aromatic nitrogens is 5. The van der Waals surface area contributed by atoms with Crippen molar-refractivity contribution >= 4 is 23.5 Å². The molecule has 34 heavy (non-hydrogen) atoms. The van der Waals surface area contributed by atoms with Gasteiger partial charge in [-0.1, -0.05) is 0 Å². The highest BCUT2D eigenvalue weighted by Crippen LogP contribution is 2.36. The Morgan fingerprint density at radius 2 is 2.32 bits per heavy atom. The smallest absolute Gasteiger partial charge is 0.408 e. The maximum absolute atomic E-state index is 15.0. The molecule has 13 heteroatoms. The van der Waals surface area contributed by atoms with Gasteiger partial charge in [0.05, 0.1) is 30.8 Å². The number of nitrogens with one attached hydrogen (secondary N) is 3. The molecular formula is C21H23FN8O4. The van der Waals surface area contributed by atoms with E-state index in [0.717, 1.165) is 12.8 Å². The van der Waals surface area contributed by atoms with Crippen LogP contribution in [0.2, 0.25) is 0 Å². The fourth-order valence-corrected chi connectivity index (χ4v) is 3.74. The van der Waals surface area contributed by atoms with Crippen LogP contribution in [0.25, 0.3) is 5.65 Å². The summed E-state index contributed by atoms with van der Waals surface area (Å²) >= 11 is 0. The largest absolute Gasteiger partial charge is 0.441 e. The summed E-state index contributed by atoms with van der Waals surface area (Å²) in [5, 5.41) is 22.0. The number of nitrogens with zero attached hydrogens (tertiary/aromatic N) is 5. The number of aromatic amines is 1. The van der Waals surface area contributed by atoms with E-state index < -0.39 is 24.5 Å². The third-order valence-electron chi connectivity index (χ3n) is 5.84. The molecule has 1 aliphatic carbocycles. The van der Waals surface area contributed by atoms with Crippen molar-refractivity contribution in [1.82, 2.24) is 29.9 Å². The van der Waals surface area contributed by atoms with Gasteiger partial charge in [0.2, 0.25) is 5.95 Å². The Hall–Kier alpha value is -3.76. The van der Waals surface area contributed by atoms with Crippen molar-refractivity contribution in [3.8, 4) is 6.07 Å². The number of imidazole rings is 1. The number of anilines is 2. The van der Waals surface area contributed by atoms with Crippen LogP contribution in [0, 0.1) is 11.3 Å². The molecule has 1 amide bonds. The van der Waals surface area contributed by atoms with E-state index in [1.807, 2.05) is 6.92 Å².